The minimum absolute atomic E-state index is 0. The smallest absolute Gasteiger partial charge is 0.705 e. The molecule has 9 rings (SSSR count). The zero-order chi connectivity index (χ0) is 36.7. The maximum atomic E-state index is 8.14. The molecule has 1 aromatic heterocycles. The Hall–Kier alpha value is -6.23. The molecule has 0 spiro atoms. The summed E-state index contributed by atoms with van der Waals surface area (Å²) >= 11 is 0. The van der Waals surface area contributed by atoms with Crippen molar-refractivity contribution in [3.05, 3.63) is 230 Å². The predicted molar refractivity (Wildman–Crippen MR) is 227 cm³/mol. The standard InChI is InChI=1S/C30H19N.C21H17N2.Na/c1-3-10-22(11-4-1)23-12-9-13-24(20-23)25-18-19-30-28(21-25)27-16-7-8-17-29(27)31(30)26-14-5-2-6-15-26;22-12-11-21(23)20-14-18(16-7-3-1-4-8-16)13-19(15-20)17-9-5-2-6-10-17;/h1-10,13-21H;1-15,22-23H;/q-2;-1;+1/b;12-11-,23-21?;. The van der Waals surface area contributed by atoms with Crippen LogP contribution in [0.15, 0.2) is 206 Å². The molecule has 0 saturated heterocycles. The van der Waals surface area contributed by atoms with E-state index < -0.39 is 0 Å². The third-order valence-corrected chi connectivity index (χ3v) is 9.53. The molecule has 0 unspecified atom stereocenters. The van der Waals surface area contributed by atoms with E-state index in [1.54, 1.807) is 0 Å². The van der Waals surface area contributed by atoms with Crippen LogP contribution in [-0.2, 0) is 0 Å². The van der Waals surface area contributed by atoms with Gasteiger partial charge in [0.2, 0.25) is 0 Å². The second-order valence-corrected chi connectivity index (χ2v) is 13.0. The van der Waals surface area contributed by atoms with E-state index in [-0.39, 0.29) is 29.6 Å². The van der Waals surface area contributed by atoms with Gasteiger partial charge in [-0.1, -0.05) is 109 Å². The maximum absolute atomic E-state index is 8.14. The van der Waals surface area contributed by atoms with Gasteiger partial charge in [-0.05, 0) is 76.3 Å². The third kappa shape index (κ3) is 8.16. The van der Waals surface area contributed by atoms with Gasteiger partial charge in [-0.25, -0.2) is 11.1 Å². The van der Waals surface area contributed by atoms with Crippen LogP contribution in [0.3, 0.4) is 0 Å². The molecule has 0 aliphatic rings. The molecular formula is C51H36N3Na-2. The van der Waals surface area contributed by atoms with Crippen molar-refractivity contribution >= 4 is 27.5 Å². The van der Waals surface area contributed by atoms with Crippen LogP contribution in [0.1, 0.15) is 5.56 Å². The molecule has 0 aliphatic heterocycles. The van der Waals surface area contributed by atoms with Crippen molar-refractivity contribution in [3.63, 3.8) is 0 Å². The Bertz CT molecular complexity index is 2660. The first kappa shape index (κ1) is 37.1. The molecule has 0 bridgehead atoms. The summed E-state index contributed by atoms with van der Waals surface area (Å²) in [5.74, 6) is 0. The van der Waals surface area contributed by atoms with Crippen LogP contribution in [0.5, 0.6) is 0 Å². The molecule has 2 N–H and O–H groups in total. The van der Waals surface area contributed by atoms with Crippen LogP contribution >= 0.6 is 0 Å². The Kier molecular flexibility index (Phi) is 11.7. The number of fused-ring (bicyclic) bond motifs is 3. The number of para-hydroxylation sites is 2. The second kappa shape index (κ2) is 17.3. The molecule has 0 aliphatic carbocycles. The number of benzene rings is 8. The van der Waals surface area contributed by atoms with Crippen molar-refractivity contribution in [3.8, 4) is 50.2 Å². The van der Waals surface area contributed by atoms with Crippen molar-refractivity contribution in [2.45, 2.75) is 0 Å². The molecule has 55 heavy (non-hydrogen) atoms. The van der Waals surface area contributed by atoms with E-state index >= 15 is 0 Å². The van der Waals surface area contributed by atoms with Crippen LogP contribution in [-0.4, -0.2) is 10.3 Å². The Labute approximate surface area is 344 Å². The predicted octanol–water partition coefficient (Wildman–Crippen LogP) is 10.7. The summed E-state index contributed by atoms with van der Waals surface area (Å²) in [6.07, 6.45) is 2.65. The van der Waals surface area contributed by atoms with E-state index in [9.17, 15) is 0 Å². The Balaban J connectivity index is 0.000000174. The molecule has 3 nitrogen and oxygen atoms in total. The number of aromatic nitrogens is 1. The molecule has 4 heteroatoms. The summed E-state index contributed by atoms with van der Waals surface area (Å²) in [6.45, 7) is 0. The van der Waals surface area contributed by atoms with Crippen molar-refractivity contribution in [1.82, 2.24) is 4.57 Å². The SMILES string of the molecule is N=C(/C=C\[NH-])c1cc(-c2ccccc2)cc(-c2ccccc2)c1.[Na+].[c-]1ccccc1-c1[c-]ccc(-c2ccc3c(c2)c2ccccc2n3-c2ccccc2)c1. The van der Waals surface area contributed by atoms with Gasteiger partial charge in [-0.15, -0.1) is 17.7 Å². The molecule has 8 aromatic carbocycles. The van der Waals surface area contributed by atoms with Gasteiger partial charge in [0.1, 0.15) is 0 Å². The molecule has 0 radical (unpaired) electrons. The monoisotopic (exact) mass is 713 g/mol. The summed E-state index contributed by atoms with van der Waals surface area (Å²) in [7, 11) is 0. The summed E-state index contributed by atoms with van der Waals surface area (Å²) < 4.78 is 2.34. The average molecular weight is 714 g/mol. The van der Waals surface area contributed by atoms with E-state index in [1.165, 1.54) is 44.7 Å². The summed E-state index contributed by atoms with van der Waals surface area (Å²) in [4.78, 5) is 0. The quantitative estimate of drug-likeness (QED) is 0.0971. The largest absolute Gasteiger partial charge is 1.00 e. The first-order chi connectivity index (χ1) is 26.7. The molecule has 0 saturated carbocycles. The van der Waals surface area contributed by atoms with Crippen LogP contribution < -0.4 is 29.6 Å². The Morgan fingerprint density at radius 2 is 1.05 bits per heavy atom. The first-order valence-electron chi connectivity index (χ1n) is 17.9. The third-order valence-electron chi connectivity index (χ3n) is 9.53. The average Bonchev–Trinajstić information content (AvgIpc) is 3.59. The van der Waals surface area contributed by atoms with Gasteiger partial charge in [0.25, 0.3) is 0 Å². The topological polar surface area (TPSA) is 52.6 Å². The van der Waals surface area contributed by atoms with Gasteiger partial charge in [0, 0.05) is 22.0 Å². The first-order valence-corrected chi connectivity index (χ1v) is 17.9. The zero-order valence-corrected chi connectivity index (χ0v) is 32.6. The van der Waals surface area contributed by atoms with Gasteiger partial charge in [-0.2, -0.15) is 48.7 Å². The Morgan fingerprint density at radius 3 is 1.71 bits per heavy atom. The molecule has 258 valence electrons. The maximum Gasteiger partial charge on any atom is 1.00 e. The molecule has 0 atom stereocenters. The molecular weight excluding hydrogens is 678 g/mol. The van der Waals surface area contributed by atoms with E-state index in [0.717, 1.165) is 45.1 Å². The number of hydrogen-bond acceptors (Lipinski definition) is 1. The van der Waals surface area contributed by atoms with E-state index in [4.69, 9.17) is 11.1 Å². The number of nitrogens with zero attached hydrogens (tertiary/aromatic N) is 1. The van der Waals surface area contributed by atoms with E-state index in [0.29, 0.717) is 5.71 Å². The number of hydrogen-bond donors (Lipinski definition) is 1. The van der Waals surface area contributed by atoms with Crippen molar-refractivity contribution in [1.29, 1.82) is 5.41 Å². The Morgan fingerprint density at radius 1 is 0.473 bits per heavy atom. The summed E-state index contributed by atoms with van der Waals surface area (Å²) in [6, 6.07) is 73.5. The fraction of sp³-hybridized carbons (Fsp3) is 0. The molecule has 9 aromatic rings. The van der Waals surface area contributed by atoms with Gasteiger partial charge in [0.15, 0.2) is 0 Å². The molecule has 1 heterocycles. The fourth-order valence-electron chi connectivity index (χ4n) is 6.93. The van der Waals surface area contributed by atoms with Crippen molar-refractivity contribution < 1.29 is 29.6 Å². The zero-order valence-electron chi connectivity index (χ0n) is 30.6. The van der Waals surface area contributed by atoms with Gasteiger partial charge in [0.05, 0.1) is 16.7 Å². The number of rotatable bonds is 7. The van der Waals surface area contributed by atoms with E-state index in [1.807, 2.05) is 72.8 Å². The van der Waals surface area contributed by atoms with Crippen LogP contribution in [0.25, 0.3) is 77.7 Å². The van der Waals surface area contributed by atoms with Gasteiger partial charge in [-0.3, -0.25) is 0 Å². The summed E-state index contributed by atoms with van der Waals surface area (Å²) in [5, 5.41) is 10.7. The number of nitrogens with one attached hydrogen (secondary N) is 2. The van der Waals surface area contributed by atoms with Crippen molar-refractivity contribution in [2.24, 2.45) is 0 Å². The number of allylic oxidation sites excluding steroid dienone is 1. The van der Waals surface area contributed by atoms with Gasteiger partial charge >= 0.3 is 29.6 Å². The van der Waals surface area contributed by atoms with Crippen LogP contribution in [0, 0.1) is 17.5 Å². The van der Waals surface area contributed by atoms with Crippen molar-refractivity contribution in [2.75, 3.05) is 0 Å². The minimum Gasteiger partial charge on any atom is -0.705 e. The molecule has 0 fully saturated rings. The second-order valence-electron chi connectivity index (χ2n) is 13.0. The van der Waals surface area contributed by atoms with Crippen LogP contribution in [0.2, 0.25) is 0 Å². The normalized spacial score (nSPS) is 10.8. The van der Waals surface area contributed by atoms with Gasteiger partial charge < -0.3 is 15.7 Å². The van der Waals surface area contributed by atoms with E-state index in [2.05, 4.69) is 138 Å². The minimum atomic E-state index is 0. The fourth-order valence-corrected chi connectivity index (χ4v) is 6.93. The molecule has 0 amide bonds. The summed E-state index contributed by atoms with van der Waals surface area (Å²) in [5.41, 5.74) is 20.9. The van der Waals surface area contributed by atoms with Crippen LogP contribution in [0.4, 0.5) is 0 Å².